The Balaban J connectivity index is 0.000000980. The van der Waals surface area contributed by atoms with Crippen LogP contribution in [-0.2, 0) is 14.1 Å². The summed E-state index contributed by atoms with van der Waals surface area (Å²) in [6, 6.07) is 0. The molecule has 0 atom stereocenters. The molecule has 0 aromatic carbocycles. The summed E-state index contributed by atoms with van der Waals surface area (Å²) in [6.45, 7) is 0. The SMILES string of the molecule is Cn1c(=O)[nH]c2ncn(C)c2c1=O.[K]. The van der Waals surface area contributed by atoms with E-state index in [0.29, 0.717) is 11.2 Å². The van der Waals surface area contributed by atoms with E-state index >= 15 is 0 Å². The van der Waals surface area contributed by atoms with Crippen LogP contribution in [0.3, 0.4) is 0 Å². The van der Waals surface area contributed by atoms with Crippen LogP contribution < -0.4 is 11.2 Å². The predicted octanol–water partition coefficient (Wildman–Crippen LogP) is -1.42. The summed E-state index contributed by atoms with van der Waals surface area (Å²) >= 11 is 0. The summed E-state index contributed by atoms with van der Waals surface area (Å²) in [5.74, 6) is 0. The van der Waals surface area contributed by atoms with E-state index in [4.69, 9.17) is 0 Å². The third-order valence-electron chi connectivity index (χ3n) is 1.97. The Morgan fingerprint density at radius 2 is 2.00 bits per heavy atom. The number of imidazole rings is 1. The van der Waals surface area contributed by atoms with E-state index in [0.717, 1.165) is 4.57 Å². The molecule has 0 saturated heterocycles. The molecule has 0 bridgehead atoms. The van der Waals surface area contributed by atoms with Gasteiger partial charge in [0.1, 0.15) is 0 Å². The number of nitrogens with one attached hydrogen (secondary N) is 1. The second kappa shape index (κ2) is 4.11. The third kappa shape index (κ3) is 1.65. The molecule has 7 heteroatoms. The molecule has 1 N–H and O–H groups in total. The zero-order valence-electron chi connectivity index (χ0n) is 8.24. The Bertz CT molecular complexity index is 579. The molecule has 14 heavy (non-hydrogen) atoms. The van der Waals surface area contributed by atoms with Gasteiger partial charge in [-0.05, 0) is 0 Å². The number of aryl methyl sites for hydroxylation is 1. The normalized spacial score (nSPS) is 10.1. The quantitative estimate of drug-likeness (QED) is 0.553. The smallest absolute Gasteiger partial charge is 0.328 e. The van der Waals surface area contributed by atoms with Crippen LogP contribution in [0.2, 0.25) is 0 Å². The second-order valence-corrected chi connectivity index (χ2v) is 2.85. The van der Waals surface area contributed by atoms with E-state index in [1.807, 2.05) is 0 Å². The average Bonchev–Trinajstić information content (AvgIpc) is 2.43. The van der Waals surface area contributed by atoms with Gasteiger partial charge >= 0.3 is 5.69 Å². The van der Waals surface area contributed by atoms with Gasteiger partial charge in [0.2, 0.25) is 0 Å². The molecule has 0 spiro atoms. The predicted molar refractivity (Wildman–Crippen MR) is 52.3 cm³/mol. The fourth-order valence-electron chi connectivity index (χ4n) is 1.21. The number of aromatic amines is 1. The molecule has 1 radical (unpaired) electrons. The molecule has 0 aliphatic rings. The Morgan fingerprint density at radius 3 is 2.64 bits per heavy atom. The standard InChI is InChI=1S/C7H8N4O2.K/c1-10-3-8-5-4(10)6(12)11(2)7(13)9-5;/h3H,1-2H3,(H,9,13);. The summed E-state index contributed by atoms with van der Waals surface area (Å²) in [4.78, 5) is 29.0. The summed E-state index contributed by atoms with van der Waals surface area (Å²) in [6.07, 6.45) is 1.49. The van der Waals surface area contributed by atoms with Crippen molar-refractivity contribution in [3.05, 3.63) is 27.2 Å². The van der Waals surface area contributed by atoms with E-state index in [2.05, 4.69) is 9.97 Å². The summed E-state index contributed by atoms with van der Waals surface area (Å²) in [5.41, 5.74) is -0.0485. The maximum Gasteiger partial charge on any atom is 0.329 e. The summed E-state index contributed by atoms with van der Waals surface area (Å²) in [7, 11) is 3.13. The molecule has 2 aromatic rings. The molecule has 0 saturated carbocycles. The molecular weight excluding hydrogens is 211 g/mol. The van der Waals surface area contributed by atoms with Crippen LogP contribution in [0, 0.1) is 0 Å². The molecule has 0 unspecified atom stereocenters. The first-order valence-corrected chi connectivity index (χ1v) is 3.71. The number of H-pyrrole nitrogens is 1. The topological polar surface area (TPSA) is 72.7 Å². The van der Waals surface area contributed by atoms with Crippen LogP contribution in [0.4, 0.5) is 0 Å². The first kappa shape index (κ1) is 11.9. The molecule has 6 nitrogen and oxygen atoms in total. The summed E-state index contributed by atoms with van der Waals surface area (Å²) in [5, 5.41) is 0. The van der Waals surface area contributed by atoms with E-state index in [-0.39, 0.29) is 56.9 Å². The van der Waals surface area contributed by atoms with Gasteiger partial charge in [-0.25, -0.2) is 9.78 Å². The first-order valence-electron chi connectivity index (χ1n) is 3.71. The van der Waals surface area contributed by atoms with Gasteiger partial charge in [-0.1, -0.05) is 0 Å². The van der Waals surface area contributed by atoms with Crippen molar-refractivity contribution >= 4 is 62.5 Å². The van der Waals surface area contributed by atoms with Crippen molar-refractivity contribution in [1.29, 1.82) is 0 Å². The largest absolute Gasteiger partial charge is 0.329 e. The Morgan fingerprint density at radius 1 is 1.36 bits per heavy atom. The van der Waals surface area contributed by atoms with Crippen LogP contribution in [0.1, 0.15) is 0 Å². The zero-order valence-corrected chi connectivity index (χ0v) is 11.4. The number of nitrogens with zero attached hydrogens (tertiary/aromatic N) is 3. The van der Waals surface area contributed by atoms with Crippen molar-refractivity contribution in [2.75, 3.05) is 0 Å². The second-order valence-electron chi connectivity index (χ2n) is 2.85. The molecule has 2 rings (SSSR count). The Hall–Kier alpha value is -0.214. The number of rotatable bonds is 0. The van der Waals surface area contributed by atoms with Gasteiger partial charge in [0.05, 0.1) is 6.33 Å². The van der Waals surface area contributed by atoms with Crippen LogP contribution in [-0.4, -0.2) is 70.5 Å². The minimum Gasteiger partial charge on any atom is -0.328 e. The van der Waals surface area contributed by atoms with Gasteiger partial charge in [0, 0.05) is 65.5 Å². The van der Waals surface area contributed by atoms with Gasteiger partial charge in [-0.15, -0.1) is 0 Å². The van der Waals surface area contributed by atoms with Crippen molar-refractivity contribution in [1.82, 2.24) is 19.1 Å². The van der Waals surface area contributed by atoms with Gasteiger partial charge in [0.25, 0.3) is 5.56 Å². The molecule has 0 fully saturated rings. The van der Waals surface area contributed by atoms with Crippen molar-refractivity contribution in [3.8, 4) is 0 Å². The first-order chi connectivity index (χ1) is 6.11. The van der Waals surface area contributed by atoms with Crippen molar-refractivity contribution < 1.29 is 0 Å². The third-order valence-corrected chi connectivity index (χ3v) is 1.97. The van der Waals surface area contributed by atoms with E-state index in [1.165, 1.54) is 13.4 Å². The van der Waals surface area contributed by atoms with E-state index < -0.39 is 5.69 Å². The zero-order chi connectivity index (χ0) is 9.59. The van der Waals surface area contributed by atoms with E-state index in [1.54, 1.807) is 11.6 Å². The van der Waals surface area contributed by atoms with Crippen LogP contribution >= 0.6 is 0 Å². The van der Waals surface area contributed by atoms with Gasteiger partial charge in [-0.3, -0.25) is 14.3 Å². The van der Waals surface area contributed by atoms with Crippen molar-refractivity contribution in [2.24, 2.45) is 14.1 Å². The monoisotopic (exact) mass is 219 g/mol. The minimum absolute atomic E-state index is 0. The fraction of sp³-hybridized carbons (Fsp3) is 0.286. The van der Waals surface area contributed by atoms with Crippen molar-refractivity contribution in [2.45, 2.75) is 0 Å². The fourth-order valence-corrected chi connectivity index (χ4v) is 1.21. The number of hydrogen-bond donors (Lipinski definition) is 1. The molecular formula is C7H8KN4O2. The molecule has 0 aliphatic carbocycles. The Kier molecular flexibility index (Phi) is 3.48. The van der Waals surface area contributed by atoms with Gasteiger partial charge in [-0.2, -0.15) is 0 Å². The molecule has 2 aromatic heterocycles. The average molecular weight is 219 g/mol. The molecule has 69 valence electrons. The summed E-state index contributed by atoms with van der Waals surface area (Å²) < 4.78 is 2.59. The maximum atomic E-state index is 11.5. The number of aromatic nitrogens is 4. The van der Waals surface area contributed by atoms with Crippen LogP contribution in [0.5, 0.6) is 0 Å². The maximum absolute atomic E-state index is 11.5. The number of hydrogen-bond acceptors (Lipinski definition) is 3. The van der Waals surface area contributed by atoms with Crippen LogP contribution in [0.25, 0.3) is 11.2 Å². The van der Waals surface area contributed by atoms with E-state index in [9.17, 15) is 9.59 Å². The van der Waals surface area contributed by atoms with Gasteiger partial charge in [0.15, 0.2) is 11.2 Å². The molecule has 0 aliphatic heterocycles. The molecule has 0 amide bonds. The Labute approximate surface area is 121 Å². The molecule has 2 heterocycles. The van der Waals surface area contributed by atoms with Gasteiger partial charge < -0.3 is 4.57 Å². The number of fused-ring (bicyclic) bond motifs is 1. The van der Waals surface area contributed by atoms with Crippen molar-refractivity contribution in [3.63, 3.8) is 0 Å². The van der Waals surface area contributed by atoms with Crippen LogP contribution in [0.15, 0.2) is 15.9 Å². The minimum atomic E-state index is -0.448.